The Labute approximate surface area is 195 Å². The van der Waals surface area contributed by atoms with Gasteiger partial charge in [0, 0.05) is 23.1 Å². The number of hydrogen-bond acceptors (Lipinski definition) is 9. The fourth-order valence-corrected chi connectivity index (χ4v) is 5.62. The molecule has 1 aliphatic carbocycles. The van der Waals surface area contributed by atoms with E-state index >= 15 is 0 Å². The van der Waals surface area contributed by atoms with Crippen LogP contribution >= 0.6 is 0 Å². The molecule has 0 saturated carbocycles. The first kappa shape index (κ1) is 23.1. The number of likely N-dealkylation sites (N-methyl/N-ethyl adjacent to an activating group) is 1. The summed E-state index contributed by atoms with van der Waals surface area (Å²) in [6.45, 7) is 3.26. The molecule has 5 rings (SSSR count). The van der Waals surface area contributed by atoms with Crippen LogP contribution in [0.3, 0.4) is 0 Å². The molecule has 10 nitrogen and oxygen atoms in total. The number of hydrogen-bond donors (Lipinski definition) is 2. The fraction of sp³-hybridized carbons (Fsp3) is 0.542. The fourth-order valence-electron chi connectivity index (χ4n) is 5.62. The topological polar surface area (TPSA) is 142 Å². The van der Waals surface area contributed by atoms with Gasteiger partial charge in [-0.25, -0.2) is 0 Å². The Morgan fingerprint density at radius 3 is 2.44 bits per heavy atom. The molecule has 4 aliphatic rings. The summed E-state index contributed by atoms with van der Waals surface area (Å²) in [5.74, 6) is -1.96. The van der Waals surface area contributed by atoms with Crippen LogP contribution in [0.4, 0.5) is 0 Å². The second-order valence-corrected chi connectivity index (χ2v) is 9.90. The molecule has 2 fully saturated rings. The van der Waals surface area contributed by atoms with Crippen LogP contribution in [0.2, 0.25) is 0 Å². The third kappa shape index (κ3) is 3.32. The van der Waals surface area contributed by atoms with E-state index in [1.165, 1.54) is 26.2 Å². The molecule has 182 valence electrons. The average Bonchev–Trinajstić information content (AvgIpc) is 3.11. The van der Waals surface area contributed by atoms with Gasteiger partial charge in [0.1, 0.15) is 24.0 Å². The predicted molar refractivity (Wildman–Crippen MR) is 116 cm³/mol. The van der Waals surface area contributed by atoms with E-state index in [0.717, 1.165) is 0 Å². The number of aliphatic hydroxyl groups is 1. The summed E-state index contributed by atoms with van der Waals surface area (Å²) < 4.78 is 16.2. The summed E-state index contributed by atoms with van der Waals surface area (Å²) >= 11 is 0. The number of Topliss-reactive ketones (excluding diaryl/α,β-unsaturated/α-hetero) is 2. The van der Waals surface area contributed by atoms with Crippen LogP contribution in [0.15, 0.2) is 23.3 Å². The number of carbonyl (C=O) groups is 3. The number of benzene rings is 1. The number of fused-ring (bicyclic) bond motifs is 3. The van der Waals surface area contributed by atoms with Gasteiger partial charge in [-0.2, -0.15) is 0 Å². The number of hydroxylamine groups is 3. The highest BCUT2D eigenvalue weighted by Gasteiger charge is 2.52. The van der Waals surface area contributed by atoms with Crippen LogP contribution in [-0.2, 0) is 19.0 Å². The minimum absolute atomic E-state index is 0.00307. The van der Waals surface area contributed by atoms with E-state index in [-0.39, 0.29) is 40.7 Å². The van der Waals surface area contributed by atoms with Gasteiger partial charge in [-0.05, 0) is 19.9 Å². The number of phenolic OH excluding ortho intramolecular Hbond substituents is 1. The van der Waals surface area contributed by atoms with Crippen molar-refractivity contribution in [2.45, 2.75) is 69.4 Å². The third-order valence-corrected chi connectivity index (χ3v) is 7.35. The number of phenols is 1. The lowest BCUT2D eigenvalue weighted by atomic mass is 9.76. The summed E-state index contributed by atoms with van der Waals surface area (Å²) in [7, 11) is 2.86. The number of ether oxygens (including phenoxy) is 3. The van der Waals surface area contributed by atoms with Crippen molar-refractivity contribution in [2.75, 3.05) is 14.1 Å². The van der Waals surface area contributed by atoms with Crippen LogP contribution in [0.1, 0.15) is 59.1 Å². The van der Waals surface area contributed by atoms with E-state index in [1.807, 2.05) is 0 Å². The molecule has 10 heteroatoms. The Bertz CT molecular complexity index is 1130. The molecule has 0 amide bonds. The molecule has 0 spiro atoms. The van der Waals surface area contributed by atoms with Gasteiger partial charge in [-0.15, -0.1) is 0 Å². The van der Waals surface area contributed by atoms with E-state index in [9.17, 15) is 29.8 Å². The molecule has 0 bridgehead atoms. The molecular weight excluding hydrogens is 446 g/mol. The van der Waals surface area contributed by atoms with E-state index in [4.69, 9.17) is 14.2 Å². The van der Waals surface area contributed by atoms with Crippen molar-refractivity contribution in [1.29, 1.82) is 0 Å². The summed E-state index contributed by atoms with van der Waals surface area (Å²) in [6.07, 6.45) is -4.68. The lowest BCUT2D eigenvalue weighted by molar-refractivity contribution is -0.874. The van der Waals surface area contributed by atoms with Crippen LogP contribution < -0.4 is 0 Å². The van der Waals surface area contributed by atoms with Gasteiger partial charge in [0.05, 0.1) is 50.0 Å². The van der Waals surface area contributed by atoms with Gasteiger partial charge in [0.2, 0.25) is 0 Å². The minimum Gasteiger partial charge on any atom is -0.633 e. The molecule has 1 aromatic carbocycles. The Morgan fingerprint density at radius 1 is 1.06 bits per heavy atom. The first-order chi connectivity index (χ1) is 15.9. The van der Waals surface area contributed by atoms with Crippen molar-refractivity contribution in [3.05, 3.63) is 45.2 Å². The Kier molecular flexibility index (Phi) is 5.23. The molecule has 0 radical (unpaired) electrons. The lowest BCUT2D eigenvalue weighted by Gasteiger charge is -2.49. The molecule has 1 aromatic rings. The number of rotatable bonds is 2. The molecule has 2 saturated heterocycles. The average molecular weight is 473 g/mol. The number of aliphatic hydroxyl groups excluding tert-OH is 1. The molecular formula is C24H27NO9. The summed E-state index contributed by atoms with van der Waals surface area (Å²) in [5.41, 5.74) is 0.297. The zero-order valence-corrected chi connectivity index (χ0v) is 19.3. The van der Waals surface area contributed by atoms with Crippen LogP contribution in [0.25, 0.3) is 0 Å². The number of ketones is 2. The summed E-state index contributed by atoms with van der Waals surface area (Å²) in [6, 6.07) is 2.24. The van der Waals surface area contributed by atoms with Gasteiger partial charge in [0.15, 0.2) is 17.7 Å². The molecule has 2 N–H and O–H groups in total. The second kappa shape index (κ2) is 7.69. The number of esters is 1. The Morgan fingerprint density at radius 2 is 1.76 bits per heavy atom. The third-order valence-electron chi connectivity index (χ3n) is 7.35. The largest absolute Gasteiger partial charge is 0.633 e. The monoisotopic (exact) mass is 473 g/mol. The first-order valence-electron chi connectivity index (χ1n) is 11.3. The van der Waals surface area contributed by atoms with Gasteiger partial charge in [-0.3, -0.25) is 14.4 Å². The van der Waals surface area contributed by atoms with Gasteiger partial charge in [-0.1, -0.05) is 6.07 Å². The Hall–Kier alpha value is -2.63. The van der Waals surface area contributed by atoms with E-state index < -0.39 is 70.6 Å². The SMILES string of the molecule is C[C@H]1O[C@@H]2CC(=O)O[C@@H]2C2=C1C(=O)c1c(ccc([C@H]3C[C@H]([N+](C)(C)[O-])[C@H](O)[C@@H](C)O3)c1O)C2=O. The smallest absolute Gasteiger partial charge is 0.309 e. The maximum atomic E-state index is 13.5. The van der Waals surface area contributed by atoms with Gasteiger partial charge >= 0.3 is 5.97 Å². The van der Waals surface area contributed by atoms with Crippen molar-refractivity contribution >= 4 is 17.5 Å². The highest BCUT2D eigenvalue weighted by atomic mass is 16.6. The highest BCUT2D eigenvalue weighted by molar-refractivity contribution is 6.29. The molecule has 3 aliphatic heterocycles. The van der Waals surface area contributed by atoms with Crippen molar-refractivity contribution in [1.82, 2.24) is 0 Å². The minimum atomic E-state index is -0.998. The van der Waals surface area contributed by atoms with Gasteiger partial charge < -0.3 is 34.3 Å². The quantitative estimate of drug-likeness (QED) is 0.369. The standard InChI is InChI=1S/C24H27NO9/c1-9-17-19(24-15(32-9)8-16(26)34-24)22(29)12-6-5-11(21(28)18(12)23(17)30)14-7-13(25(3,4)31)20(27)10(2)33-14/h5-6,9-10,13-15,20,24,27-28H,7-8H2,1-4H3/t9-,10-,13+,14-,15-,20-,24+/m1/s1. The number of quaternary nitrogens is 1. The van der Waals surface area contributed by atoms with E-state index in [1.54, 1.807) is 13.8 Å². The second-order valence-electron chi connectivity index (χ2n) is 9.90. The first-order valence-corrected chi connectivity index (χ1v) is 11.3. The Balaban J connectivity index is 1.57. The number of aromatic hydroxyl groups is 1. The zero-order valence-electron chi connectivity index (χ0n) is 19.3. The molecule has 0 unspecified atom stereocenters. The van der Waals surface area contributed by atoms with Crippen molar-refractivity contribution in [2.24, 2.45) is 0 Å². The molecule has 0 aromatic heterocycles. The van der Waals surface area contributed by atoms with Crippen LogP contribution in [0.5, 0.6) is 5.75 Å². The lowest BCUT2D eigenvalue weighted by Crippen LogP contribution is -2.57. The predicted octanol–water partition coefficient (Wildman–Crippen LogP) is 1.32. The van der Waals surface area contributed by atoms with Crippen molar-refractivity contribution in [3.63, 3.8) is 0 Å². The van der Waals surface area contributed by atoms with Gasteiger partial charge in [0.25, 0.3) is 0 Å². The highest BCUT2D eigenvalue weighted by Crippen LogP contribution is 2.46. The molecule has 7 atom stereocenters. The molecule has 3 heterocycles. The number of carbonyl (C=O) groups excluding carboxylic acids is 3. The summed E-state index contributed by atoms with van der Waals surface area (Å²) in [5, 5.41) is 34.3. The van der Waals surface area contributed by atoms with Crippen LogP contribution in [-0.4, -0.2) is 83.1 Å². The normalized spacial score (nSPS) is 35.6. The maximum Gasteiger partial charge on any atom is 0.309 e. The van der Waals surface area contributed by atoms with E-state index in [2.05, 4.69) is 0 Å². The number of nitrogens with zero attached hydrogens (tertiary/aromatic N) is 1. The maximum absolute atomic E-state index is 13.5. The van der Waals surface area contributed by atoms with Crippen molar-refractivity contribution < 1.29 is 43.5 Å². The molecule has 34 heavy (non-hydrogen) atoms. The summed E-state index contributed by atoms with van der Waals surface area (Å²) in [4.78, 5) is 38.8. The van der Waals surface area contributed by atoms with E-state index in [0.29, 0.717) is 0 Å². The van der Waals surface area contributed by atoms with Crippen LogP contribution in [0, 0.1) is 5.21 Å². The van der Waals surface area contributed by atoms with Crippen molar-refractivity contribution in [3.8, 4) is 5.75 Å². The zero-order chi connectivity index (χ0) is 24.7.